The Morgan fingerprint density at radius 3 is 2.29 bits per heavy atom. The van der Waals surface area contributed by atoms with Gasteiger partial charge in [-0.2, -0.15) is 0 Å². The van der Waals surface area contributed by atoms with E-state index in [1.165, 1.54) is 19.3 Å². The highest BCUT2D eigenvalue weighted by atomic mass is 16.5. The molecule has 0 bridgehead atoms. The molecule has 0 aliphatic heterocycles. The van der Waals surface area contributed by atoms with Gasteiger partial charge in [-0.25, -0.2) is 0 Å². The van der Waals surface area contributed by atoms with Crippen LogP contribution in [0, 0.1) is 50.7 Å². The van der Waals surface area contributed by atoms with Crippen molar-refractivity contribution in [2.24, 2.45) is 50.7 Å². The minimum absolute atomic E-state index is 0.00313. The molecule has 0 aromatic heterocycles. The summed E-state index contributed by atoms with van der Waals surface area (Å²) in [6, 6.07) is 0. The molecule has 1 N–H and O–H groups in total. The number of rotatable bonds is 2. The highest BCUT2D eigenvalue weighted by molar-refractivity contribution is 5.76. The fourth-order valence-corrected chi connectivity index (χ4v) is 10.6. The summed E-state index contributed by atoms with van der Waals surface area (Å²) in [5.41, 5.74) is 1.49. The molecule has 0 aromatic carbocycles. The minimum atomic E-state index is -0.578. The van der Waals surface area contributed by atoms with E-state index in [-0.39, 0.29) is 39.7 Å². The van der Waals surface area contributed by atoms with E-state index in [1.807, 2.05) is 0 Å². The zero-order valence-corrected chi connectivity index (χ0v) is 23.2. The Balaban J connectivity index is 1.49. The molecule has 35 heavy (non-hydrogen) atoms. The fourth-order valence-electron chi connectivity index (χ4n) is 10.6. The lowest BCUT2D eigenvalue weighted by Crippen LogP contribution is -2.61. The Bertz CT molecular complexity index is 946. The predicted molar refractivity (Wildman–Crippen MR) is 138 cm³/mol. The van der Waals surface area contributed by atoms with Gasteiger partial charge in [-0.15, -0.1) is 0 Å². The van der Waals surface area contributed by atoms with Crippen LogP contribution >= 0.6 is 0 Å². The second-order valence-electron chi connectivity index (χ2n) is 15.0. The molecule has 0 aromatic rings. The summed E-state index contributed by atoms with van der Waals surface area (Å²) in [6.45, 7) is 15.9. The summed E-state index contributed by atoms with van der Waals surface area (Å²) in [6.07, 6.45) is 12.8. The average molecular weight is 485 g/mol. The summed E-state index contributed by atoms with van der Waals surface area (Å²) in [5, 5.41) is 10.5. The Labute approximate surface area is 212 Å². The molecule has 0 radical (unpaired) electrons. The molecule has 5 aliphatic rings. The van der Waals surface area contributed by atoms with Gasteiger partial charge in [0, 0.05) is 12.3 Å². The van der Waals surface area contributed by atoms with Crippen LogP contribution < -0.4 is 0 Å². The van der Waals surface area contributed by atoms with E-state index in [0.717, 1.165) is 44.9 Å². The number of carbonyl (C=O) groups excluding carboxylic acids is 1. The third-order valence-electron chi connectivity index (χ3n) is 12.5. The van der Waals surface area contributed by atoms with E-state index in [1.54, 1.807) is 12.5 Å². The number of aliphatic carboxylic acids is 1. The third-order valence-corrected chi connectivity index (χ3v) is 12.5. The molecule has 4 heteroatoms. The minimum Gasteiger partial charge on any atom is -0.481 e. The number of allylic oxidation sites excluding steroid dienone is 2. The topological polar surface area (TPSA) is 63.6 Å². The first-order valence-corrected chi connectivity index (χ1v) is 14.3. The molecule has 196 valence electrons. The van der Waals surface area contributed by atoms with E-state index < -0.39 is 11.4 Å². The molecule has 4 saturated carbocycles. The summed E-state index contributed by atoms with van der Waals surface area (Å²) in [5.74, 6) is 1.30. The maximum Gasteiger partial charge on any atom is 0.310 e. The summed E-state index contributed by atoms with van der Waals surface area (Å²) < 4.78 is 5.84. The molecular weight excluding hydrogens is 436 g/mol. The van der Waals surface area contributed by atoms with E-state index in [9.17, 15) is 14.7 Å². The molecule has 0 amide bonds. The summed E-state index contributed by atoms with van der Waals surface area (Å²) >= 11 is 0. The van der Waals surface area contributed by atoms with Crippen molar-refractivity contribution in [3.05, 3.63) is 11.6 Å². The Morgan fingerprint density at radius 1 is 0.914 bits per heavy atom. The van der Waals surface area contributed by atoms with Crippen molar-refractivity contribution < 1.29 is 19.4 Å². The number of fused-ring (bicyclic) bond motifs is 7. The third kappa shape index (κ3) is 3.51. The normalized spacial score (nSPS) is 47.7. The van der Waals surface area contributed by atoms with Crippen molar-refractivity contribution in [3.8, 4) is 0 Å². The van der Waals surface area contributed by atoms with Crippen LogP contribution in [0.1, 0.15) is 113 Å². The summed E-state index contributed by atoms with van der Waals surface area (Å²) in [7, 11) is 0. The molecule has 4 fully saturated rings. The Kier molecular flexibility index (Phi) is 5.67. The Hall–Kier alpha value is -1.32. The number of esters is 1. The van der Waals surface area contributed by atoms with Crippen LogP contribution in [0.5, 0.6) is 0 Å². The van der Waals surface area contributed by atoms with Gasteiger partial charge >= 0.3 is 11.9 Å². The maximum absolute atomic E-state index is 12.8. The zero-order chi connectivity index (χ0) is 25.6. The zero-order valence-electron chi connectivity index (χ0n) is 23.2. The number of hydrogen-bond acceptors (Lipinski definition) is 3. The van der Waals surface area contributed by atoms with Crippen LogP contribution in [0.15, 0.2) is 11.6 Å². The van der Waals surface area contributed by atoms with Gasteiger partial charge in [-0.3, -0.25) is 9.59 Å². The first-order valence-electron chi connectivity index (χ1n) is 14.3. The number of carboxylic acids is 1. The van der Waals surface area contributed by atoms with Crippen molar-refractivity contribution in [3.63, 3.8) is 0 Å². The lowest BCUT2D eigenvalue weighted by Gasteiger charge is -2.66. The van der Waals surface area contributed by atoms with Gasteiger partial charge in [0.2, 0.25) is 0 Å². The molecule has 0 spiro atoms. The van der Waals surface area contributed by atoms with Gasteiger partial charge in [-0.1, -0.05) is 53.2 Å². The van der Waals surface area contributed by atoms with Crippen LogP contribution in [0.25, 0.3) is 0 Å². The lowest BCUT2D eigenvalue weighted by atomic mass is 9.38. The van der Waals surface area contributed by atoms with Crippen molar-refractivity contribution >= 4 is 11.9 Å². The van der Waals surface area contributed by atoms with Crippen LogP contribution in [0.4, 0.5) is 0 Å². The van der Waals surface area contributed by atoms with Gasteiger partial charge in [0.25, 0.3) is 0 Å². The predicted octanol–water partition coefficient (Wildman–Crippen LogP) is 7.41. The number of hydrogen-bond donors (Lipinski definition) is 1. The first-order chi connectivity index (χ1) is 16.2. The highest BCUT2D eigenvalue weighted by Gasteiger charge is 2.65. The standard InChI is InChI=1S/C31H48O4/c1-19(32)35-25-12-14-29(6)21-10-13-30(7)22(20(21)8-9-23(29)28(25,4)5)11-15-31(26(33)34)17-16-27(2,3)18-24(30)31/h11,20-21,23-25H,8-10,12-18H2,1-7H3,(H,33,34)/t20-,21-,23-,24-,25+,29-,30-,31-/m1/s1. The van der Waals surface area contributed by atoms with Crippen LogP contribution in [0.2, 0.25) is 0 Å². The molecule has 0 saturated heterocycles. The van der Waals surface area contributed by atoms with Gasteiger partial charge < -0.3 is 9.84 Å². The van der Waals surface area contributed by atoms with E-state index >= 15 is 0 Å². The largest absolute Gasteiger partial charge is 0.481 e. The molecule has 4 nitrogen and oxygen atoms in total. The second-order valence-corrected chi connectivity index (χ2v) is 15.0. The van der Waals surface area contributed by atoms with Crippen molar-refractivity contribution in [1.82, 2.24) is 0 Å². The molecule has 8 atom stereocenters. The lowest BCUT2D eigenvalue weighted by molar-refractivity contribution is -0.188. The van der Waals surface area contributed by atoms with E-state index in [0.29, 0.717) is 17.8 Å². The second kappa shape index (κ2) is 7.84. The van der Waals surface area contributed by atoms with Crippen LogP contribution in [0.3, 0.4) is 0 Å². The van der Waals surface area contributed by atoms with Gasteiger partial charge in [0.15, 0.2) is 0 Å². The van der Waals surface area contributed by atoms with Gasteiger partial charge in [-0.05, 0) is 104 Å². The summed E-state index contributed by atoms with van der Waals surface area (Å²) in [4.78, 5) is 24.6. The molecule has 5 aliphatic carbocycles. The Morgan fingerprint density at radius 2 is 1.63 bits per heavy atom. The smallest absolute Gasteiger partial charge is 0.310 e. The molecular formula is C31H48O4. The molecule has 0 heterocycles. The number of carboxylic acid groups (broad SMARTS) is 1. The molecule has 5 rings (SSSR count). The van der Waals surface area contributed by atoms with Crippen molar-refractivity contribution in [2.75, 3.05) is 0 Å². The maximum atomic E-state index is 12.8. The highest BCUT2D eigenvalue weighted by Crippen LogP contribution is 2.71. The van der Waals surface area contributed by atoms with E-state index in [4.69, 9.17) is 4.74 Å². The average Bonchev–Trinajstić information content (AvgIpc) is 2.75. The monoisotopic (exact) mass is 484 g/mol. The van der Waals surface area contributed by atoms with E-state index in [2.05, 4.69) is 47.6 Å². The van der Waals surface area contributed by atoms with Gasteiger partial charge in [0.1, 0.15) is 6.10 Å². The first kappa shape index (κ1) is 25.3. The van der Waals surface area contributed by atoms with Crippen molar-refractivity contribution in [1.29, 1.82) is 0 Å². The van der Waals surface area contributed by atoms with Crippen LogP contribution in [-0.2, 0) is 14.3 Å². The van der Waals surface area contributed by atoms with Gasteiger partial charge in [0.05, 0.1) is 5.41 Å². The SMILES string of the molecule is CC(=O)O[C@H]1CC[C@]2(C)[C@@H]3CC[C@]4(C)C(=CC[C@@]5(C(=O)O)CCC(C)(C)C[C@@H]54)[C@@H]3CC[C@@H]2C1(C)C. The van der Waals surface area contributed by atoms with Crippen molar-refractivity contribution in [2.45, 2.75) is 119 Å². The number of carbonyl (C=O) groups is 2. The quantitative estimate of drug-likeness (QED) is 0.327. The number of ether oxygens (including phenoxy) is 1. The fraction of sp³-hybridized carbons (Fsp3) is 0.871. The molecule has 0 unspecified atom stereocenters. The van der Waals surface area contributed by atoms with Crippen LogP contribution in [-0.4, -0.2) is 23.1 Å².